The Bertz CT molecular complexity index is 680. The topological polar surface area (TPSA) is 56.7 Å². The first kappa shape index (κ1) is 19.0. The zero-order valence-electron chi connectivity index (χ0n) is 15.1. The van der Waals surface area contributed by atoms with Gasteiger partial charge in [-0.05, 0) is 30.4 Å². The summed E-state index contributed by atoms with van der Waals surface area (Å²) in [5.74, 6) is 0.848. The number of carbonyl (C=O) groups is 1. The summed E-state index contributed by atoms with van der Waals surface area (Å²) in [6, 6.07) is 12.2. The minimum atomic E-state index is -0.00382. The molecule has 0 atom stereocenters. The van der Waals surface area contributed by atoms with E-state index in [4.69, 9.17) is 0 Å². The van der Waals surface area contributed by atoms with Crippen molar-refractivity contribution in [2.24, 2.45) is 4.99 Å². The molecule has 0 radical (unpaired) electrons. The van der Waals surface area contributed by atoms with Crippen LogP contribution in [-0.4, -0.2) is 44.0 Å². The Balaban J connectivity index is 1.69. The van der Waals surface area contributed by atoms with Crippen LogP contribution in [0.4, 0.5) is 0 Å². The van der Waals surface area contributed by atoms with Crippen molar-refractivity contribution >= 4 is 23.2 Å². The van der Waals surface area contributed by atoms with Crippen molar-refractivity contribution in [2.45, 2.75) is 19.9 Å². The Morgan fingerprint density at radius 1 is 1.16 bits per heavy atom. The molecule has 2 rings (SSSR count). The standard InChI is InChI=1S/C19H26N4OS/c1-15-7-9-16(10-8-15)14-23(3)19(20-2)22-12-5-11-21-18(24)17-6-4-13-25-17/h4,6-10,13H,5,11-12,14H2,1-3H3,(H,20,22)(H,21,24). The van der Waals surface area contributed by atoms with E-state index in [-0.39, 0.29) is 5.91 Å². The molecule has 2 aromatic rings. The molecule has 2 N–H and O–H groups in total. The molecule has 1 aromatic carbocycles. The molecule has 1 amide bonds. The van der Waals surface area contributed by atoms with Crippen LogP contribution in [0.1, 0.15) is 27.2 Å². The quantitative estimate of drug-likeness (QED) is 0.455. The fraction of sp³-hybridized carbons (Fsp3) is 0.368. The van der Waals surface area contributed by atoms with E-state index < -0.39 is 0 Å². The van der Waals surface area contributed by atoms with Gasteiger partial charge in [0, 0.05) is 33.7 Å². The average molecular weight is 359 g/mol. The number of hydrogen-bond acceptors (Lipinski definition) is 3. The highest BCUT2D eigenvalue weighted by Crippen LogP contribution is 2.07. The van der Waals surface area contributed by atoms with Gasteiger partial charge in [0.15, 0.2) is 5.96 Å². The molecule has 0 unspecified atom stereocenters. The van der Waals surface area contributed by atoms with E-state index >= 15 is 0 Å². The number of nitrogens with one attached hydrogen (secondary N) is 2. The van der Waals surface area contributed by atoms with Gasteiger partial charge in [0.25, 0.3) is 5.91 Å². The third kappa shape index (κ3) is 6.23. The molecule has 0 saturated carbocycles. The normalized spacial score (nSPS) is 11.2. The maximum absolute atomic E-state index is 11.8. The van der Waals surface area contributed by atoms with E-state index in [0.717, 1.165) is 30.3 Å². The minimum Gasteiger partial charge on any atom is -0.356 e. The van der Waals surface area contributed by atoms with Crippen LogP contribution >= 0.6 is 11.3 Å². The summed E-state index contributed by atoms with van der Waals surface area (Å²) in [6.45, 7) is 4.29. The number of aryl methyl sites for hydroxylation is 1. The van der Waals surface area contributed by atoms with Crippen molar-refractivity contribution in [3.8, 4) is 0 Å². The molecule has 6 heteroatoms. The molecule has 0 spiro atoms. The number of nitrogens with zero attached hydrogens (tertiary/aromatic N) is 2. The maximum Gasteiger partial charge on any atom is 0.261 e. The third-order valence-electron chi connectivity index (χ3n) is 3.78. The predicted molar refractivity (Wildman–Crippen MR) is 105 cm³/mol. The van der Waals surface area contributed by atoms with Gasteiger partial charge >= 0.3 is 0 Å². The molecule has 0 fully saturated rings. The first-order valence-electron chi connectivity index (χ1n) is 8.39. The minimum absolute atomic E-state index is 0.00382. The van der Waals surface area contributed by atoms with E-state index in [2.05, 4.69) is 51.7 Å². The molecular weight excluding hydrogens is 332 g/mol. The fourth-order valence-corrected chi connectivity index (χ4v) is 3.05. The molecule has 1 heterocycles. The number of thiophene rings is 1. The molecule has 1 aromatic heterocycles. The number of amides is 1. The van der Waals surface area contributed by atoms with Crippen LogP contribution in [0.15, 0.2) is 46.8 Å². The van der Waals surface area contributed by atoms with Crippen LogP contribution in [0.25, 0.3) is 0 Å². The first-order chi connectivity index (χ1) is 12.1. The van der Waals surface area contributed by atoms with Crippen molar-refractivity contribution in [2.75, 3.05) is 27.2 Å². The number of rotatable bonds is 7. The number of benzene rings is 1. The highest BCUT2D eigenvalue weighted by Gasteiger charge is 2.07. The Morgan fingerprint density at radius 3 is 2.52 bits per heavy atom. The summed E-state index contributed by atoms with van der Waals surface area (Å²) in [5.41, 5.74) is 2.51. The molecule has 0 aliphatic heterocycles. The lowest BCUT2D eigenvalue weighted by atomic mass is 10.1. The molecule has 5 nitrogen and oxygen atoms in total. The highest BCUT2D eigenvalue weighted by atomic mass is 32.1. The van der Waals surface area contributed by atoms with Gasteiger partial charge in [-0.1, -0.05) is 35.9 Å². The summed E-state index contributed by atoms with van der Waals surface area (Å²) < 4.78 is 0. The van der Waals surface area contributed by atoms with Gasteiger partial charge in [-0.15, -0.1) is 11.3 Å². The Kier molecular flexibility index (Phi) is 7.47. The number of guanidine groups is 1. The summed E-state index contributed by atoms with van der Waals surface area (Å²) in [5, 5.41) is 8.17. The summed E-state index contributed by atoms with van der Waals surface area (Å²) in [4.78, 5) is 19.0. The molecule has 25 heavy (non-hydrogen) atoms. The van der Waals surface area contributed by atoms with Gasteiger partial charge in [0.2, 0.25) is 0 Å². The monoisotopic (exact) mass is 358 g/mol. The van der Waals surface area contributed by atoms with E-state index in [0.29, 0.717) is 6.54 Å². The zero-order chi connectivity index (χ0) is 18.1. The molecule has 0 saturated heterocycles. The second-order valence-corrected chi connectivity index (χ2v) is 6.85. The maximum atomic E-state index is 11.8. The van der Waals surface area contributed by atoms with E-state index in [9.17, 15) is 4.79 Å². The second kappa shape index (κ2) is 9.84. The lowest BCUT2D eigenvalue weighted by Crippen LogP contribution is -2.39. The second-order valence-electron chi connectivity index (χ2n) is 5.90. The number of aliphatic imine (C=N–C) groups is 1. The Hall–Kier alpha value is -2.34. The van der Waals surface area contributed by atoms with E-state index in [1.165, 1.54) is 22.5 Å². The zero-order valence-corrected chi connectivity index (χ0v) is 15.9. The van der Waals surface area contributed by atoms with Crippen LogP contribution in [0.5, 0.6) is 0 Å². The lowest BCUT2D eigenvalue weighted by Gasteiger charge is -2.22. The highest BCUT2D eigenvalue weighted by molar-refractivity contribution is 7.12. The largest absolute Gasteiger partial charge is 0.356 e. The smallest absolute Gasteiger partial charge is 0.261 e. The number of carbonyl (C=O) groups excluding carboxylic acids is 1. The van der Waals surface area contributed by atoms with Crippen molar-refractivity contribution in [3.63, 3.8) is 0 Å². The first-order valence-corrected chi connectivity index (χ1v) is 9.27. The van der Waals surface area contributed by atoms with Gasteiger partial charge < -0.3 is 15.5 Å². The van der Waals surface area contributed by atoms with Gasteiger partial charge in [-0.25, -0.2) is 0 Å². The van der Waals surface area contributed by atoms with Crippen LogP contribution in [0.3, 0.4) is 0 Å². The van der Waals surface area contributed by atoms with Crippen LogP contribution in [0.2, 0.25) is 0 Å². The summed E-state index contributed by atoms with van der Waals surface area (Å²) >= 11 is 1.46. The third-order valence-corrected chi connectivity index (χ3v) is 4.65. The van der Waals surface area contributed by atoms with Crippen LogP contribution in [-0.2, 0) is 6.54 Å². The van der Waals surface area contributed by atoms with Crippen molar-refractivity contribution in [3.05, 3.63) is 57.8 Å². The van der Waals surface area contributed by atoms with Gasteiger partial charge in [-0.3, -0.25) is 9.79 Å². The molecule has 0 aliphatic rings. The molecular formula is C19H26N4OS. The summed E-state index contributed by atoms with van der Waals surface area (Å²) in [7, 11) is 3.81. The van der Waals surface area contributed by atoms with Gasteiger partial charge in [0.1, 0.15) is 0 Å². The van der Waals surface area contributed by atoms with Crippen molar-refractivity contribution in [1.29, 1.82) is 0 Å². The molecule has 0 aliphatic carbocycles. The lowest BCUT2D eigenvalue weighted by molar-refractivity contribution is 0.0957. The number of hydrogen-bond donors (Lipinski definition) is 2. The Morgan fingerprint density at radius 2 is 1.88 bits per heavy atom. The van der Waals surface area contributed by atoms with Crippen molar-refractivity contribution in [1.82, 2.24) is 15.5 Å². The van der Waals surface area contributed by atoms with Crippen LogP contribution in [0, 0.1) is 6.92 Å². The van der Waals surface area contributed by atoms with Crippen LogP contribution < -0.4 is 10.6 Å². The Labute approximate surface area is 153 Å². The SMILES string of the molecule is CN=C(NCCCNC(=O)c1cccs1)N(C)Cc1ccc(C)cc1. The molecule has 134 valence electrons. The van der Waals surface area contributed by atoms with E-state index in [1.807, 2.05) is 24.6 Å². The molecule has 0 bridgehead atoms. The fourth-order valence-electron chi connectivity index (χ4n) is 2.41. The predicted octanol–water partition coefficient (Wildman–Crippen LogP) is 2.88. The van der Waals surface area contributed by atoms with Gasteiger partial charge in [-0.2, -0.15) is 0 Å². The summed E-state index contributed by atoms with van der Waals surface area (Å²) in [6.07, 6.45) is 0.842. The van der Waals surface area contributed by atoms with Crippen molar-refractivity contribution < 1.29 is 4.79 Å². The average Bonchev–Trinajstić information content (AvgIpc) is 3.14. The van der Waals surface area contributed by atoms with E-state index in [1.54, 1.807) is 7.05 Å². The van der Waals surface area contributed by atoms with Gasteiger partial charge in [0.05, 0.1) is 4.88 Å².